The average molecular weight is 320 g/mol. The Morgan fingerprint density at radius 2 is 2.18 bits per heavy atom. The molecule has 124 valence electrons. The summed E-state index contributed by atoms with van der Waals surface area (Å²) in [6.07, 6.45) is -2.24. The molecule has 0 aromatic carbocycles. The van der Waals surface area contributed by atoms with E-state index in [-0.39, 0.29) is 38.3 Å². The summed E-state index contributed by atoms with van der Waals surface area (Å²) in [6, 6.07) is 1.62. The highest BCUT2D eigenvalue weighted by molar-refractivity contribution is 5.93. The van der Waals surface area contributed by atoms with E-state index >= 15 is 0 Å². The zero-order valence-corrected chi connectivity index (χ0v) is 12.3. The monoisotopic (exact) mass is 320 g/mol. The minimum atomic E-state index is -4.34. The molecule has 0 spiro atoms. The molecule has 1 saturated carbocycles. The lowest BCUT2D eigenvalue weighted by Crippen LogP contribution is -2.53. The number of halogens is 3. The minimum Gasteiger partial charge on any atom is -0.461 e. The van der Waals surface area contributed by atoms with Gasteiger partial charge < -0.3 is 19.8 Å². The maximum absolute atomic E-state index is 12.9. The SMILES string of the molecule is CCOC(=O)c1[nH]ccc1NCCOC1(C(F)(F)F)CCC1. The fraction of sp³-hybridized carbons (Fsp3) is 0.643. The minimum absolute atomic E-state index is 0.00866. The Balaban J connectivity index is 1.82. The van der Waals surface area contributed by atoms with Gasteiger partial charge in [0.15, 0.2) is 5.60 Å². The summed E-state index contributed by atoms with van der Waals surface area (Å²) in [4.78, 5) is 14.4. The van der Waals surface area contributed by atoms with Crippen molar-refractivity contribution < 1.29 is 27.4 Å². The first-order chi connectivity index (χ1) is 10.4. The topological polar surface area (TPSA) is 63.4 Å². The normalized spacial score (nSPS) is 16.9. The molecular weight excluding hydrogens is 301 g/mol. The van der Waals surface area contributed by atoms with Crippen LogP contribution >= 0.6 is 0 Å². The lowest BCUT2D eigenvalue weighted by Gasteiger charge is -2.42. The molecule has 2 rings (SSSR count). The van der Waals surface area contributed by atoms with E-state index in [0.717, 1.165) is 0 Å². The molecule has 0 amide bonds. The molecule has 1 aromatic heterocycles. The molecule has 0 bridgehead atoms. The molecule has 0 unspecified atom stereocenters. The lowest BCUT2D eigenvalue weighted by atomic mass is 9.79. The number of alkyl halides is 3. The number of aromatic nitrogens is 1. The average Bonchev–Trinajstić information content (AvgIpc) is 2.83. The highest BCUT2D eigenvalue weighted by Crippen LogP contribution is 2.47. The van der Waals surface area contributed by atoms with E-state index in [1.54, 1.807) is 19.2 Å². The van der Waals surface area contributed by atoms with Crippen molar-refractivity contribution in [2.45, 2.75) is 38.0 Å². The summed E-state index contributed by atoms with van der Waals surface area (Å²) in [5.41, 5.74) is -1.26. The van der Waals surface area contributed by atoms with Crippen molar-refractivity contribution in [2.24, 2.45) is 0 Å². The third-order valence-electron chi connectivity index (χ3n) is 3.70. The molecule has 1 aromatic rings. The first-order valence-electron chi connectivity index (χ1n) is 7.19. The second-order valence-corrected chi connectivity index (χ2v) is 5.11. The van der Waals surface area contributed by atoms with Gasteiger partial charge in [-0.1, -0.05) is 0 Å². The van der Waals surface area contributed by atoms with Crippen molar-refractivity contribution in [3.8, 4) is 0 Å². The van der Waals surface area contributed by atoms with Crippen LogP contribution in [0.25, 0.3) is 0 Å². The first-order valence-corrected chi connectivity index (χ1v) is 7.19. The Labute approximate surface area is 126 Å². The molecule has 0 radical (unpaired) electrons. The van der Waals surface area contributed by atoms with Crippen molar-refractivity contribution in [3.63, 3.8) is 0 Å². The van der Waals surface area contributed by atoms with E-state index in [9.17, 15) is 18.0 Å². The molecule has 1 aliphatic carbocycles. The third kappa shape index (κ3) is 3.37. The van der Waals surface area contributed by atoms with Crippen LogP contribution in [0.5, 0.6) is 0 Å². The van der Waals surface area contributed by atoms with Crippen LogP contribution in [0.15, 0.2) is 12.3 Å². The summed E-state index contributed by atoms with van der Waals surface area (Å²) in [6.45, 7) is 2.01. The smallest absolute Gasteiger partial charge is 0.417 e. The molecule has 22 heavy (non-hydrogen) atoms. The van der Waals surface area contributed by atoms with Gasteiger partial charge in [0, 0.05) is 12.7 Å². The van der Waals surface area contributed by atoms with Gasteiger partial charge in [0.25, 0.3) is 0 Å². The predicted octanol–water partition coefficient (Wildman–Crippen LogP) is 3.10. The van der Waals surface area contributed by atoms with Gasteiger partial charge in [0.1, 0.15) is 5.69 Å². The number of carbonyl (C=O) groups excluding carboxylic acids is 1. The summed E-state index contributed by atoms with van der Waals surface area (Å²) in [7, 11) is 0. The Hall–Kier alpha value is -1.70. The van der Waals surface area contributed by atoms with Gasteiger partial charge in [-0.15, -0.1) is 0 Å². The number of H-pyrrole nitrogens is 1. The first kappa shape index (κ1) is 16.7. The molecule has 0 saturated heterocycles. The van der Waals surface area contributed by atoms with E-state index in [0.29, 0.717) is 12.1 Å². The highest BCUT2D eigenvalue weighted by Gasteiger charge is 2.59. The number of esters is 1. The van der Waals surface area contributed by atoms with Gasteiger partial charge in [-0.05, 0) is 32.3 Å². The molecular formula is C14H19F3N2O3. The van der Waals surface area contributed by atoms with Gasteiger partial charge in [-0.3, -0.25) is 0 Å². The van der Waals surface area contributed by atoms with Crippen LogP contribution in [0.2, 0.25) is 0 Å². The van der Waals surface area contributed by atoms with Gasteiger partial charge >= 0.3 is 12.1 Å². The molecule has 5 nitrogen and oxygen atoms in total. The molecule has 0 aliphatic heterocycles. The number of anilines is 1. The second-order valence-electron chi connectivity index (χ2n) is 5.11. The van der Waals surface area contributed by atoms with Crippen LogP contribution in [0.1, 0.15) is 36.7 Å². The highest BCUT2D eigenvalue weighted by atomic mass is 19.4. The maximum Gasteiger partial charge on any atom is 0.417 e. The number of nitrogens with one attached hydrogen (secondary N) is 2. The van der Waals surface area contributed by atoms with Crippen LogP contribution < -0.4 is 5.32 Å². The van der Waals surface area contributed by atoms with Crippen LogP contribution in [-0.4, -0.2) is 42.5 Å². The number of hydrogen-bond donors (Lipinski definition) is 2. The molecule has 8 heteroatoms. The van der Waals surface area contributed by atoms with Crippen molar-refractivity contribution in [1.29, 1.82) is 0 Å². The fourth-order valence-electron chi connectivity index (χ4n) is 2.33. The summed E-state index contributed by atoms with van der Waals surface area (Å²) < 4.78 is 48.6. The largest absolute Gasteiger partial charge is 0.461 e. The number of carbonyl (C=O) groups is 1. The summed E-state index contributed by atoms with van der Waals surface area (Å²) in [5.74, 6) is -0.512. The Kier molecular flexibility index (Phi) is 5.00. The number of hydrogen-bond acceptors (Lipinski definition) is 4. The maximum atomic E-state index is 12.9. The van der Waals surface area contributed by atoms with Gasteiger partial charge in [-0.2, -0.15) is 13.2 Å². The van der Waals surface area contributed by atoms with E-state index in [2.05, 4.69) is 10.3 Å². The van der Waals surface area contributed by atoms with E-state index in [1.807, 2.05) is 0 Å². The number of aromatic amines is 1. The third-order valence-corrected chi connectivity index (χ3v) is 3.70. The predicted molar refractivity (Wildman–Crippen MR) is 73.8 cm³/mol. The summed E-state index contributed by atoms with van der Waals surface area (Å²) >= 11 is 0. The molecule has 1 aliphatic rings. The molecule has 2 N–H and O–H groups in total. The number of rotatable bonds is 7. The van der Waals surface area contributed by atoms with Crippen LogP contribution in [0, 0.1) is 0 Å². The molecule has 1 fully saturated rings. The van der Waals surface area contributed by atoms with Crippen molar-refractivity contribution in [1.82, 2.24) is 4.98 Å². The molecule has 1 heterocycles. The van der Waals surface area contributed by atoms with Gasteiger partial charge in [-0.25, -0.2) is 4.79 Å². The van der Waals surface area contributed by atoms with E-state index < -0.39 is 17.7 Å². The Morgan fingerprint density at radius 3 is 2.73 bits per heavy atom. The lowest BCUT2D eigenvalue weighted by molar-refractivity contribution is -0.303. The standard InChI is InChI=1S/C14H19F3N2O3/c1-2-21-12(20)11-10(4-7-19-11)18-8-9-22-13(5-3-6-13)14(15,16)17/h4,7,18-19H,2-3,5-6,8-9H2,1H3. The Bertz CT molecular complexity index is 510. The van der Waals surface area contributed by atoms with Crippen molar-refractivity contribution >= 4 is 11.7 Å². The van der Waals surface area contributed by atoms with Gasteiger partial charge in [0.2, 0.25) is 0 Å². The van der Waals surface area contributed by atoms with Gasteiger partial charge in [0.05, 0.1) is 18.9 Å². The van der Waals surface area contributed by atoms with E-state index in [1.165, 1.54) is 0 Å². The van der Waals surface area contributed by atoms with Crippen molar-refractivity contribution in [3.05, 3.63) is 18.0 Å². The Morgan fingerprint density at radius 1 is 1.45 bits per heavy atom. The van der Waals surface area contributed by atoms with Crippen molar-refractivity contribution in [2.75, 3.05) is 25.1 Å². The second kappa shape index (κ2) is 6.60. The zero-order valence-electron chi connectivity index (χ0n) is 12.3. The van der Waals surface area contributed by atoms with E-state index in [4.69, 9.17) is 9.47 Å². The van der Waals surface area contributed by atoms with Crippen LogP contribution in [0.3, 0.4) is 0 Å². The number of ether oxygens (including phenoxy) is 2. The fourth-order valence-corrected chi connectivity index (χ4v) is 2.33. The van der Waals surface area contributed by atoms with Crippen LogP contribution in [0.4, 0.5) is 18.9 Å². The zero-order chi connectivity index (χ0) is 16.2. The summed E-state index contributed by atoms with van der Waals surface area (Å²) in [5, 5.41) is 2.88. The van der Waals surface area contributed by atoms with Crippen LogP contribution in [-0.2, 0) is 9.47 Å². The molecule has 0 atom stereocenters. The quantitative estimate of drug-likeness (QED) is 0.598.